The predicted octanol–water partition coefficient (Wildman–Crippen LogP) is 3.76. The number of aromatic amines is 1. The number of fused-ring (bicyclic) bond motifs is 1. The van der Waals surface area contributed by atoms with Gasteiger partial charge in [-0.15, -0.1) is 0 Å². The zero-order valence-electron chi connectivity index (χ0n) is 11.8. The number of aryl methyl sites for hydroxylation is 1. The smallest absolute Gasteiger partial charge is 0.234 e. The summed E-state index contributed by atoms with van der Waals surface area (Å²) in [6.45, 7) is 1.99. The van der Waals surface area contributed by atoms with E-state index in [2.05, 4.69) is 36.2 Å². The summed E-state index contributed by atoms with van der Waals surface area (Å²) in [6, 6.07) is 9.63. The Kier molecular flexibility index (Phi) is 4.44. The number of nitrogens with zero attached hydrogens (tertiary/aromatic N) is 2. The Morgan fingerprint density at radius 2 is 2.27 bits per heavy atom. The summed E-state index contributed by atoms with van der Waals surface area (Å²) in [5, 5.41) is 3.55. The molecule has 0 unspecified atom stereocenters. The van der Waals surface area contributed by atoms with Gasteiger partial charge in [0.05, 0.1) is 11.3 Å². The molecule has 112 valence electrons. The van der Waals surface area contributed by atoms with Gasteiger partial charge in [-0.2, -0.15) is 0 Å². The van der Waals surface area contributed by atoms with Crippen LogP contribution in [0, 0.1) is 6.92 Å². The maximum Gasteiger partial charge on any atom is 0.234 e. The Hall–Kier alpha value is -1.86. The lowest BCUT2D eigenvalue weighted by molar-refractivity contribution is -0.113. The maximum atomic E-state index is 12.0. The molecule has 0 aliphatic rings. The summed E-state index contributed by atoms with van der Waals surface area (Å²) in [5.41, 5.74) is 3.40. The molecule has 7 heteroatoms. The molecule has 2 N–H and O–H groups in total. The van der Waals surface area contributed by atoms with Crippen molar-refractivity contribution in [2.45, 2.75) is 12.1 Å². The Bertz CT molecular complexity index is 833. The molecule has 0 radical (unpaired) electrons. The molecule has 22 heavy (non-hydrogen) atoms. The van der Waals surface area contributed by atoms with E-state index in [1.807, 2.05) is 37.3 Å². The first-order chi connectivity index (χ1) is 10.6. The number of anilines is 1. The van der Waals surface area contributed by atoms with Crippen LogP contribution in [0.15, 0.2) is 46.2 Å². The number of thioether (sulfide) groups is 1. The predicted molar refractivity (Wildman–Crippen MR) is 92.1 cm³/mol. The van der Waals surface area contributed by atoms with Crippen LogP contribution in [0.4, 0.5) is 5.69 Å². The van der Waals surface area contributed by atoms with Gasteiger partial charge in [0.25, 0.3) is 0 Å². The molecule has 1 amide bonds. The van der Waals surface area contributed by atoms with Crippen LogP contribution in [0.25, 0.3) is 11.2 Å². The molecule has 0 saturated carbocycles. The number of imidazole rings is 1. The number of benzene rings is 1. The van der Waals surface area contributed by atoms with Gasteiger partial charge in [-0.1, -0.05) is 23.9 Å². The third kappa shape index (κ3) is 3.66. The van der Waals surface area contributed by atoms with Crippen molar-refractivity contribution in [3.8, 4) is 0 Å². The number of aromatic nitrogens is 3. The van der Waals surface area contributed by atoms with Crippen LogP contribution in [0.1, 0.15) is 5.56 Å². The molecule has 1 aromatic carbocycles. The molecule has 5 nitrogen and oxygen atoms in total. The first kappa shape index (κ1) is 15.1. The number of rotatable bonds is 4. The van der Waals surface area contributed by atoms with Crippen molar-refractivity contribution in [2.75, 3.05) is 11.1 Å². The number of hydrogen-bond acceptors (Lipinski definition) is 4. The lowest BCUT2D eigenvalue weighted by Gasteiger charge is -2.04. The first-order valence-electron chi connectivity index (χ1n) is 6.61. The second kappa shape index (κ2) is 6.50. The second-order valence-electron chi connectivity index (χ2n) is 4.77. The molecule has 0 aliphatic heterocycles. The SMILES string of the molecule is Cc1cccc(NC(=O)CSc2nc3ncc(Br)cc3[nH]2)c1. The molecule has 2 aromatic heterocycles. The number of nitrogens with one attached hydrogen (secondary N) is 2. The maximum absolute atomic E-state index is 12.0. The summed E-state index contributed by atoms with van der Waals surface area (Å²) in [4.78, 5) is 23.7. The number of carbonyl (C=O) groups excluding carboxylic acids is 1. The highest BCUT2D eigenvalue weighted by Gasteiger charge is 2.08. The first-order valence-corrected chi connectivity index (χ1v) is 8.38. The number of hydrogen-bond donors (Lipinski definition) is 2. The van der Waals surface area contributed by atoms with E-state index in [9.17, 15) is 4.79 Å². The standard InChI is InChI=1S/C15H13BrN4OS/c1-9-3-2-4-11(5-9)18-13(21)8-22-15-19-12-6-10(16)7-17-14(12)20-15/h2-7H,8H2,1H3,(H,18,21)(H,17,19,20). The van der Waals surface area contributed by atoms with E-state index >= 15 is 0 Å². The van der Waals surface area contributed by atoms with Crippen molar-refractivity contribution in [3.63, 3.8) is 0 Å². The van der Waals surface area contributed by atoms with Gasteiger partial charge in [-0.25, -0.2) is 9.97 Å². The van der Waals surface area contributed by atoms with Gasteiger partial charge in [0, 0.05) is 16.4 Å². The lowest BCUT2D eigenvalue weighted by Crippen LogP contribution is -2.14. The van der Waals surface area contributed by atoms with Gasteiger partial charge in [0.15, 0.2) is 10.8 Å². The summed E-state index contributed by atoms with van der Waals surface area (Å²) >= 11 is 4.72. The van der Waals surface area contributed by atoms with Crippen molar-refractivity contribution in [2.24, 2.45) is 0 Å². The van der Waals surface area contributed by atoms with E-state index < -0.39 is 0 Å². The molecule has 0 fully saturated rings. The Morgan fingerprint density at radius 3 is 3.09 bits per heavy atom. The van der Waals surface area contributed by atoms with Crippen molar-refractivity contribution in [1.29, 1.82) is 0 Å². The Balaban J connectivity index is 1.62. The van der Waals surface area contributed by atoms with Crippen LogP contribution < -0.4 is 5.32 Å². The fraction of sp³-hybridized carbons (Fsp3) is 0.133. The normalized spacial score (nSPS) is 10.8. The zero-order chi connectivity index (χ0) is 15.5. The van der Waals surface area contributed by atoms with Crippen LogP contribution >= 0.6 is 27.7 Å². The highest BCUT2D eigenvalue weighted by molar-refractivity contribution is 9.10. The van der Waals surface area contributed by atoms with Crippen molar-refractivity contribution >= 4 is 50.5 Å². The van der Waals surface area contributed by atoms with Crippen LogP contribution in [0.3, 0.4) is 0 Å². The fourth-order valence-electron chi connectivity index (χ4n) is 1.97. The Morgan fingerprint density at radius 1 is 1.41 bits per heavy atom. The molecule has 3 aromatic rings. The minimum absolute atomic E-state index is 0.0646. The molecule has 0 spiro atoms. The molecule has 0 bridgehead atoms. The molecule has 2 heterocycles. The van der Waals surface area contributed by atoms with Crippen molar-refractivity contribution < 1.29 is 4.79 Å². The van der Waals surface area contributed by atoms with E-state index in [1.165, 1.54) is 11.8 Å². The summed E-state index contributed by atoms with van der Waals surface area (Å²) in [7, 11) is 0. The minimum Gasteiger partial charge on any atom is -0.331 e. The second-order valence-corrected chi connectivity index (χ2v) is 6.65. The molecule has 0 aliphatic carbocycles. The van der Waals surface area contributed by atoms with Crippen molar-refractivity contribution in [3.05, 3.63) is 46.6 Å². The Labute approximate surface area is 140 Å². The van der Waals surface area contributed by atoms with Crippen LogP contribution in [-0.4, -0.2) is 26.6 Å². The minimum atomic E-state index is -0.0646. The van der Waals surface area contributed by atoms with E-state index in [4.69, 9.17) is 0 Å². The number of halogens is 1. The summed E-state index contributed by atoms with van der Waals surface area (Å²) in [5.74, 6) is 0.222. The molecule has 3 rings (SSSR count). The lowest BCUT2D eigenvalue weighted by atomic mass is 10.2. The summed E-state index contributed by atoms with van der Waals surface area (Å²) in [6.07, 6.45) is 1.70. The highest BCUT2D eigenvalue weighted by Crippen LogP contribution is 2.21. The van der Waals surface area contributed by atoms with Crippen LogP contribution in [0.5, 0.6) is 0 Å². The van der Waals surface area contributed by atoms with E-state index in [-0.39, 0.29) is 11.7 Å². The topological polar surface area (TPSA) is 70.7 Å². The quantitative estimate of drug-likeness (QED) is 0.680. The van der Waals surface area contributed by atoms with Crippen LogP contribution in [-0.2, 0) is 4.79 Å². The number of amides is 1. The van der Waals surface area contributed by atoms with Crippen molar-refractivity contribution in [1.82, 2.24) is 15.0 Å². The molecular weight excluding hydrogens is 364 g/mol. The van der Waals surface area contributed by atoms with E-state index in [0.717, 1.165) is 21.2 Å². The molecular formula is C15H13BrN4OS. The number of carbonyl (C=O) groups is 1. The van der Waals surface area contributed by atoms with Gasteiger partial charge in [0.2, 0.25) is 5.91 Å². The van der Waals surface area contributed by atoms with Gasteiger partial charge in [-0.05, 0) is 46.6 Å². The molecule has 0 saturated heterocycles. The third-order valence-electron chi connectivity index (χ3n) is 2.92. The fourth-order valence-corrected chi connectivity index (χ4v) is 2.98. The van der Waals surface area contributed by atoms with Gasteiger partial charge in [0.1, 0.15) is 0 Å². The van der Waals surface area contributed by atoms with Gasteiger partial charge >= 0.3 is 0 Å². The number of H-pyrrole nitrogens is 1. The van der Waals surface area contributed by atoms with Gasteiger partial charge in [-0.3, -0.25) is 4.79 Å². The van der Waals surface area contributed by atoms with E-state index in [1.54, 1.807) is 6.20 Å². The number of pyridine rings is 1. The van der Waals surface area contributed by atoms with Gasteiger partial charge < -0.3 is 10.3 Å². The largest absolute Gasteiger partial charge is 0.331 e. The monoisotopic (exact) mass is 376 g/mol. The average Bonchev–Trinajstić information content (AvgIpc) is 2.87. The highest BCUT2D eigenvalue weighted by atomic mass is 79.9. The van der Waals surface area contributed by atoms with E-state index in [0.29, 0.717) is 10.8 Å². The zero-order valence-corrected chi connectivity index (χ0v) is 14.2. The average molecular weight is 377 g/mol. The van der Waals surface area contributed by atoms with Crippen LogP contribution in [0.2, 0.25) is 0 Å². The molecule has 0 atom stereocenters. The third-order valence-corrected chi connectivity index (χ3v) is 4.23. The summed E-state index contributed by atoms with van der Waals surface area (Å²) < 4.78 is 0.886.